The van der Waals surface area contributed by atoms with Crippen LogP contribution in [0.5, 0.6) is 0 Å². The van der Waals surface area contributed by atoms with E-state index in [2.05, 4.69) is 15.9 Å². The van der Waals surface area contributed by atoms with Gasteiger partial charge in [-0.1, -0.05) is 24.4 Å². The first kappa shape index (κ1) is 14.4. The number of carbonyl (C=O) groups excluding carboxylic acids is 1. The van der Waals surface area contributed by atoms with Crippen molar-refractivity contribution >= 4 is 45.1 Å². The van der Waals surface area contributed by atoms with Crippen LogP contribution >= 0.6 is 39.3 Å². The highest BCUT2D eigenvalue weighted by molar-refractivity contribution is 9.10. The lowest BCUT2D eigenvalue weighted by molar-refractivity contribution is 0.101. The summed E-state index contributed by atoms with van der Waals surface area (Å²) >= 11 is 10.5. The summed E-state index contributed by atoms with van der Waals surface area (Å²) in [5, 5.41) is 0.537. The molecule has 5 heteroatoms. The zero-order chi connectivity index (χ0) is 13.1. The fourth-order valence-electron chi connectivity index (χ4n) is 2.07. The van der Waals surface area contributed by atoms with Crippen molar-refractivity contribution < 1.29 is 9.18 Å². The molecule has 0 saturated heterocycles. The second kappa shape index (κ2) is 6.40. The monoisotopic (exact) mass is 350 g/mol. The maximum Gasteiger partial charge on any atom is 0.175 e. The van der Waals surface area contributed by atoms with Crippen molar-refractivity contribution in [3.8, 4) is 0 Å². The van der Waals surface area contributed by atoms with Gasteiger partial charge in [-0.2, -0.15) is 11.8 Å². The highest BCUT2D eigenvalue weighted by atomic mass is 79.9. The maximum absolute atomic E-state index is 13.8. The van der Waals surface area contributed by atoms with Crippen LogP contribution in [0, 0.1) is 5.82 Å². The van der Waals surface area contributed by atoms with Crippen LogP contribution in [0.25, 0.3) is 0 Å². The minimum Gasteiger partial charge on any atom is -0.293 e. The summed E-state index contributed by atoms with van der Waals surface area (Å²) < 4.78 is 14.3. The molecule has 0 aromatic heterocycles. The molecule has 0 heterocycles. The minimum atomic E-state index is -0.622. The number of carbonyl (C=O) groups is 1. The Labute approximate surface area is 124 Å². The van der Waals surface area contributed by atoms with Gasteiger partial charge in [-0.3, -0.25) is 4.79 Å². The molecule has 0 amide bonds. The molecule has 1 aromatic rings. The van der Waals surface area contributed by atoms with Gasteiger partial charge in [-0.15, -0.1) is 0 Å². The van der Waals surface area contributed by atoms with E-state index in [1.54, 1.807) is 17.8 Å². The van der Waals surface area contributed by atoms with Crippen molar-refractivity contribution in [3.05, 3.63) is 33.0 Å². The van der Waals surface area contributed by atoms with E-state index >= 15 is 0 Å². The fourth-order valence-corrected chi connectivity index (χ4v) is 3.75. The summed E-state index contributed by atoms with van der Waals surface area (Å²) in [5.41, 5.74) is 0.0914. The second-order valence-corrected chi connectivity index (χ2v) is 6.88. The number of rotatable bonds is 4. The van der Waals surface area contributed by atoms with Crippen molar-refractivity contribution in [1.82, 2.24) is 0 Å². The first-order chi connectivity index (χ1) is 8.59. The van der Waals surface area contributed by atoms with Crippen LogP contribution in [0.1, 0.15) is 36.0 Å². The van der Waals surface area contributed by atoms with Crippen LogP contribution in [-0.4, -0.2) is 16.8 Å². The van der Waals surface area contributed by atoms with E-state index < -0.39 is 5.82 Å². The third-order valence-corrected chi connectivity index (χ3v) is 5.72. The minimum absolute atomic E-state index is 0.0216. The first-order valence-electron chi connectivity index (χ1n) is 5.88. The molecule has 0 bridgehead atoms. The zero-order valence-corrected chi connectivity index (χ0v) is 12.9. The standard InChI is InChI=1S/C13H13BrClFOS/c14-10-6-5-9(13(16)12(10)15)11(17)7-18-8-3-1-2-4-8/h5-6,8H,1-4,7H2. The van der Waals surface area contributed by atoms with Crippen LogP contribution in [0.2, 0.25) is 5.02 Å². The van der Waals surface area contributed by atoms with Crippen LogP contribution < -0.4 is 0 Å². The Morgan fingerprint density at radius 1 is 1.44 bits per heavy atom. The van der Waals surface area contributed by atoms with E-state index in [4.69, 9.17) is 11.6 Å². The number of Topliss-reactive ketones (excluding diaryl/α,β-unsaturated/α-hetero) is 1. The van der Waals surface area contributed by atoms with Crippen LogP contribution in [0.4, 0.5) is 4.39 Å². The topological polar surface area (TPSA) is 17.1 Å². The summed E-state index contributed by atoms with van der Waals surface area (Å²) in [7, 11) is 0. The molecule has 0 aliphatic heterocycles. The Hall–Kier alpha value is -0.0600. The van der Waals surface area contributed by atoms with Gasteiger partial charge < -0.3 is 0 Å². The summed E-state index contributed by atoms with van der Waals surface area (Å²) in [6.45, 7) is 0. The van der Waals surface area contributed by atoms with Gasteiger partial charge in [-0.25, -0.2) is 4.39 Å². The van der Waals surface area contributed by atoms with E-state index in [0.29, 0.717) is 15.5 Å². The molecule has 1 aromatic carbocycles. The molecule has 0 atom stereocenters. The molecule has 18 heavy (non-hydrogen) atoms. The van der Waals surface area contributed by atoms with Gasteiger partial charge in [0.25, 0.3) is 0 Å². The molecule has 1 saturated carbocycles. The Balaban J connectivity index is 2.02. The predicted molar refractivity (Wildman–Crippen MR) is 78.2 cm³/mol. The average molecular weight is 352 g/mol. The van der Waals surface area contributed by atoms with Crippen molar-refractivity contribution in [3.63, 3.8) is 0 Å². The predicted octanol–water partition coefficient (Wildman–Crippen LogP) is 5.10. The van der Waals surface area contributed by atoms with E-state index in [-0.39, 0.29) is 16.4 Å². The Morgan fingerprint density at radius 3 is 2.78 bits per heavy atom. The molecular weight excluding hydrogens is 339 g/mol. The van der Waals surface area contributed by atoms with E-state index in [0.717, 1.165) is 0 Å². The summed E-state index contributed by atoms with van der Waals surface area (Å²) in [6.07, 6.45) is 4.82. The van der Waals surface area contributed by atoms with Gasteiger partial charge >= 0.3 is 0 Å². The molecular formula is C13H13BrClFOS. The highest BCUT2D eigenvalue weighted by Crippen LogP contribution is 2.31. The summed E-state index contributed by atoms with van der Waals surface area (Å²) in [5.74, 6) is -0.471. The third-order valence-electron chi connectivity index (χ3n) is 3.09. The number of ketones is 1. The summed E-state index contributed by atoms with van der Waals surface area (Å²) in [4.78, 5) is 12.0. The molecule has 0 N–H and O–H groups in total. The number of hydrogen-bond donors (Lipinski definition) is 0. The van der Waals surface area contributed by atoms with Gasteiger partial charge in [0.15, 0.2) is 11.6 Å². The fraction of sp³-hybridized carbons (Fsp3) is 0.462. The third kappa shape index (κ3) is 3.28. The Bertz CT molecular complexity index is 461. The molecule has 1 fully saturated rings. The molecule has 0 radical (unpaired) electrons. The van der Waals surface area contributed by atoms with Gasteiger partial charge in [0.1, 0.15) is 0 Å². The van der Waals surface area contributed by atoms with E-state index in [9.17, 15) is 9.18 Å². The van der Waals surface area contributed by atoms with Crippen LogP contribution in [0.3, 0.4) is 0 Å². The molecule has 1 nitrogen and oxygen atoms in total. The smallest absolute Gasteiger partial charge is 0.175 e. The SMILES string of the molecule is O=C(CSC1CCCC1)c1ccc(Br)c(Cl)c1F. The first-order valence-corrected chi connectivity index (χ1v) is 8.10. The van der Waals surface area contributed by atoms with Gasteiger partial charge in [0, 0.05) is 9.72 Å². The lowest BCUT2D eigenvalue weighted by Gasteiger charge is -2.09. The van der Waals surface area contributed by atoms with Crippen molar-refractivity contribution in [1.29, 1.82) is 0 Å². The van der Waals surface area contributed by atoms with Crippen LogP contribution in [-0.2, 0) is 0 Å². The van der Waals surface area contributed by atoms with E-state index in [1.165, 1.54) is 31.7 Å². The van der Waals surface area contributed by atoms with E-state index in [1.807, 2.05) is 0 Å². The normalized spacial score (nSPS) is 16.2. The summed E-state index contributed by atoms with van der Waals surface area (Å²) in [6, 6.07) is 3.10. The molecule has 2 rings (SSSR count). The maximum atomic E-state index is 13.8. The number of halogens is 3. The van der Waals surface area contributed by atoms with Crippen molar-refractivity contribution in [2.75, 3.05) is 5.75 Å². The molecule has 0 unspecified atom stereocenters. The molecule has 1 aliphatic carbocycles. The molecule has 1 aliphatic rings. The highest BCUT2D eigenvalue weighted by Gasteiger charge is 2.20. The lowest BCUT2D eigenvalue weighted by Crippen LogP contribution is -2.09. The second-order valence-electron chi connectivity index (χ2n) is 4.36. The molecule has 0 spiro atoms. The lowest BCUT2D eigenvalue weighted by atomic mass is 10.1. The van der Waals surface area contributed by atoms with Crippen molar-refractivity contribution in [2.24, 2.45) is 0 Å². The number of benzene rings is 1. The largest absolute Gasteiger partial charge is 0.293 e. The molecule has 98 valence electrons. The number of thioether (sulfide) groups is 1. The van der Waals surface area contributed by atoms with Crippen molar-refractivity contribution in [2.45, 2.75) is 30.9 Å². The Morgan fingerprint density at radius 2 is 2.11 bits per heavy atom. The zero-order valence-electron chi connectivity index (χ0n) is 9.72. The number of hydrogen-bond acceptors (Lipinski definition) is 2. The van der Waals surface area contributed by atoms with Gasteiger partial charge in [0.2, 0.25) is 0 Å². The average Bonchev–Trinajstić information content (AvgIpc) is 2.86. The van der Waals surface area contributed by atoms with Gasteiger partial charge in [0.05, 0.1) is 16.3 Å². The van der Waals surface area contributed by atoms with Gasteiger partial charge in [-0.05, 0) is 40.9 Å². The quantitative estimate of drug-likeness (QED) is 0.554. The Kier molecular flexibility index (Phi) is 5.10. The van der Waals surface area contributed by atoms with Crippen LogP contribution in [0.15, 0.2) is 16.6 Å².